The molecule has 0 spiro atoms. The number of aromatic nitrogens is 4. The van der Waals surface area contributed by atoms with Crippen molar-refractivity contribution in [2.45, 2.75) is 113 Å². The highest BCUT2D eigenvalue weighted by Crippen LogP contribution is 2.47. The monoisotopic (exact) mass is 764 g/mol. The lowest BCUT2D eigenvalue weighted by Gasteiger charge is -2.30. The number of aryl methyl sites for hydroxylation is 2. The summed E-state index contributed by atoms with van der Waals surface area (Å²) in [5, 5.41) is 12.4. The number of fused-ring (bicyclic) bond motifs is 3. The summed E-state index contributed by atoms with van der Waals surface area (Å²) in [4.78, 5) is 66.4. The number of halogens is 1. The molecule has 5 atom stereocenters. The Balaban J connectivity index is 1.21. The summed E-state index contributed by atoms with van der Waals surface area (Å²) >= 11 is 0. The van der Waals surface area contributed by atoms with Crippen LogP contribution in [0.5, 0.6) is 5.88 Å². The van der Waals surface area contributed by atoms with E-state index < -0.39 is 73.9 Å². The van der Waals surface area contributed by atoms with Gasteiger partial charge in [-0.3, -0.25) is 29.0 Å². The number of sulfonamides is 1. The molecular formula is C37H45FN8O7S. The number of carbonyl (C=O) groups excluding carboxylic acids is 4. The Morgan fingerprint density at radius 3 is 2.67 bits per heavy atom. The summed E-state index contributed by atoms with van der Waals surface area (Å²) in [6.07, 6.45) is 7.40. The number of rotatable bonds is 8. The van der Waals surface area contributed by atoms with Gasteiger partial charge in [-0.2, -0.15) is 5.10 Å². The molecule has 2 saturated carbocycles. The number of allylic oxidation sites excluding steroid dienone is 1. The second-order valence-electron chi connectivity index (χ2n) is 15.1. The maximum absolute atomic E-state index is 14.8. The first-order chi connectivity index (χ1) is 25.7. The average molecular weight is 765 g/mol. The Hall–Kier alpha value is -4.93. The zero-order valence-electron chi connectivity index (χ0n) is 30.5. The molecule has 4 amide bonds. The van der Waals surface area contributed by atoms with E-state index in [9.17, 15) is 32.0 Å². The number of hydrogen-bond acceptors (Lipinski definition) is 10. The largest absolute Gasteiger partial charge is 0.471 e. The molecule has 15 nitrogen and oxygen atoms in total. The van der Waals surface area contributed by atoms with E-state index in [1.54, 1.807) is 26.0 Å². The first-order valence-corrected chi connectivity index (χ1v) is 20.0. The number of nitrogens with one attached hydrogen (secondary N) is 4. The van der Waals surface area contributed by atoms with Crippen LogP contribution in [0.3, 0.4) is 0 Å². The minimum Gasteiger partial charge on any atom is -0.471 e. The zero-order chi connectivity index (χ0) is 38.4. The molecule has 1 saturated heterocycles. The quantitative estimate of drug-likeness (QED) is 0.247. The molecule has 0 radical (unpaired) electrons. The molecule has 3 aromatic rings. The number of para-hydroxylation sites is 1. The summed E-state index contributed by atoms with van der Waals surface area (Å²) in [5.74, 6) is -3.58. The van der Waals surface area contributed by atoms with E-state index in [4.69, 9.17) is 4.74 Å². The first-order valence-electron chi connectivity index (χ1n) is 18.5. The van der Waals surface area contributed by atoms with Crippen molar-refractivity contribution >= 4 is 44.7 Å². The maximum Gasteiger partial charge on any atom is 0.272 e. The van der Waals surface area contributed by atoms with Gasteiger partial charge in [0.1, 0.15) is 40.6 Å². The van der Waals surface area contributed by atoms with Crippen LogP contribution < -0.4 is 20.1 Å². The summed E-state index contributed by atoms with van der Waals surface area (Å²) in [5.41, 5.74) is 0.0431. The highest BCUT2D eigenvalue weighted by atomic mass is 32.2. The number of benzene rings is 1. The fourth-order valence-corrected chi connectivity index (χ4v) is 8.57. The molecule has 2 aliphatic carbocycles. The standard InChI is InChI=1S/C37H45FN8O7S/c1-4-25-33(41-30-24(38)12-10-14-26(30)39-25)53-23-18-29-32(48)42-37(35(50)45-54(51,52)36(3)15-16-36)19-22(37)11-8-6-5-7-9-13-27(34(49)46(29)20-23)40-31(47)28-17-21(2)43-44-28/h8,10-12,14,17,22-23,27,29H,4-7,9,13,15-16,18-20H2,1-3H3,(H,40,47)(H,42,48)(H,43,44)(H,45,50)/b11-8-/t22?,23-,27+,29+,37-/m1/s1. The third-order valence-electron chi connectivity index (χ3n) is 11.0. The van der Waals surface area contributed by atoms with E-state index in [1.165, 1.54) is 17.0 Å². The van der Waals surface area contributed by atoms with Crippen molar-refractivity contribution in [3.63, 3.8) is 0 Å². The number of hydrogen-bond donors (Lipinski definition) is 4. The second-order valence-corrected chi connectivity index (χ2v) is 17.3. The molecule has 2 aliphatic heterocycles. The van der Waals surface area contributed by atoms with E-state index in [1.807, 2.05) is 19.1 Å². The number of nitrogens with zero attached hydrogens (tertiary/aromatic N) is 4. The van der Waals surface area contributed by atoms with Crippen LogP contribution in [-0.2, 0) is 30.8 Å². The maximum atomic E-state index is 14.8. The fourth-order valence-electron chi connectivity index (χ4n) is 7.26. The van der Waals surface area contributed by atoms with Crippen LogP contribution in [0.1, 0.15) is 93.5 Å². The van der Waals surface area contributed by atoms with E-state index in [0.29, 0.717) is 49.0 Å². The van der Waals surface area contributed by atoms with Gasteiger partial charge < -0.3 is 20.3 Å². The summed E-state index contributed by atoms with van der Waals surface area (Å²) in [6, 6.07) is 3.81. The molecule has 4 N–H and O–H groups in total. The van der Waals surface area contributed by atoms with Crippen molar-refractivity contribution in [2.75, 3.05) is 6.54 Å². The summed E-state index contributed by atoms with van der Waals surface area (Å²) < 4.78 is 48.5. The Morgan fingerprint density at radius 1 is 1.15 bits per heavy atom. The molecule has 2 aromatic heterocycles. The summed E-state index contributed by atoms with van der Waals surface area (Å²) in [6.45, 7) is 5.07. The molecular weight excluding hydrogens is 720 g/mol. The Morgan fingerprint density at radius 2 is 1.94 bits per heavy atom. The zero-order valence-corrected chi connectivity index (χ0v) is 31.3. The fraction of sp³-hybridized carbons (Fsp3) is 0.541. The van der Waals surface area contributed by atoms with Gasteiger partial charge in [0, 0.05) is 18.0 Å². The molecule has 1 unspecified atom stereocenters. The number of H-pyrrole nitrogens is 1. The SMILES string of the molecule is CCc1nc2cccc(F)c2nc1O[C@@H]1C[C@H]2C(=O)N[C@]3(C(=O)NS(=O)(=O)C4(C)CC4)CC3/C=C\CCCCC[C@H](NC(=O)c3cc(C)[nH]n3)C(=O)N2C1. The second kappa shape index (κ2) is 14.4. The van der Waals surface area contributed by atoms with Crippen LogP contribution in [-0.4, -0.2) is 92.1 Å². The topological polar surface area (TPSA) is 205 Å². The molecule has 3 fully saturated rings. The van der Waals surface area contributed by atoms with Crippen molar-refractivity contribution in [1.29, 1.82) is 0 Å². The van der Waals surface area contributed by atoms with Crippen molar-refractivity contribution < 1.29 is 36.7 Å². The minimum absolute atomic E-state index is 0.0125. The minimum atomic E-state index is -4.01. The number of carbonyl (C=O) groups is 4. The lowest BCUT2D eigenvalue weighted by atomic mass is 10.0. The van der Waals surface area contributed by atoms with E-state index >= 15 is 0 Å². The van der Waals surface area contributed by atoms with Crippen LogP contribution in [0.15, 0.2) is 36.4 Å². The smallest absolute Gasteiger partial charge is 0.272 e. The van der Waals surface area contributed by atoms with Crippen molar-refractivity contribution in [3.05, 3.63) is 59.3 Å². The molecule has 0 bridgehead atoms. The Bertz CT molecular complexity index is 2140. The lowest BCUT2D eigenvalue weighted by molar-refractivity contribution is -0.141. The van der Waals surface area contributed by atoms with E-state index in [2.05, 4.69) is 35.5 Å². The third kappa shape index (κ3) is 7.29. The Labute approximate surface area is 312 Å². The average Bonchev–Trinajstić information content (AvgIpc) is 3.94. The molecule has 7 rings (SSSR count). The first kappa shape index (κ1) is 37.4. The van der Waals surface area contributed by atoms with Gasteiger partial charge in [0.05, 0.1) is 16.8 Å². The van der Waals surface area contributed by atoms with Gasteiger partial charge in [-0.25, -0.2) is 22.8 Å². The van der Waals surface area contributed by atoms with Gasteiger partial charge in [0.2, 0.25) is 27.7 Å². The van der Waals surface area contributed by atoms with Crippen LogP contribution in [0, 0.1) is 18.7 Å². The normalized spacial score (nSPS) is 27.4. The van der Waals surface area contributed by atoms with Crippen LogP contribution >= 0.6 is 0 Å². The Kier molecular flexibility index (Phi) is 9.95. The summed E-state index contributed by atoms with van der Waals surface area (Å²) in [7, 11) is -4.01. The molecule has 17 heteroatoms. The lowest BCUT2D eigenvalue weighted by Crippen LogP contribution is -2.58. The highest BCUT2D eigenvalue weighted by molar-refractivity contribution is 7.91. The van der Waals surface area contributed by atoms with Gasteiger partial charge in [0.25, 0.3) is 11.8 Å². The van der Waals surface area contributed by atoms with Crippen molar-refractivity contribution in [1.82, 2.24) is 40.4 Å². The molecule has 4 heterocycles. The van der Waals surface area contributed by atoms with Gasteiger partial charge in [-0.15, -0.1) is 0 Å². The van der Waals surface area contributed by atoms with E-state index in [0.717, 1.165) is 12.8 Å². The third-order valence-corrected chi connectivity index (χ3v) is 13.2. The predicted octanol–water partition coefficient (Wildman–Crippen LogP) is 2.90. The van der Waals surface area contributed by atoms with E-state index in [-0.39, 0.29) is 42.9 Å². The van der Waals surface area contributed by atoms with Gasteiger partial charge in [-0.05, 0) is 77.0 Å². The van der Waals surface area contributed by atoms with Crippen molar-refractivity contribution in [2.24, 2.45) is 5.92 Å². The van der Waals surface area contributed by atoms with Crippen molar-refractivity contribution in [3.8, 4) is 5.88 Å². The molecule has 1 aromatic carbocycles. The number of ether oxygens (including phenoxy) is 1. The highest BCUT2D eigenvalue weighted by Gasteiger charge is 2.63. The predicted molar refractivity (Wildman–Crippen MR) is 194 cm³/mol. The molecule has 288 valence electrons. The van der Waals surface area contributed by atoms with Crippen LogP contribution in [0.4, 0.5) is 4.39 Å². The van der Waals surface area contributed by atoms with Gasteiger partial charge >= 0.3 is 0 Å². The molecule has 4 aliphatic rings. The molecule has 54 heavy (non-hydrogen) atoms. The van der Waals surface area contributed by atoms with Crippen LogP contribution in [0.25, 0.3) is 11.0 Å². The van der Waals surface area contributed by atoms with Gasteiger partial charge in [0.15, 0.2) is 5.82 Å². The van der Waals surface area contributed by atoms with Gasteiger partial charge in [-0.1, -0.05) is 38.0 Å². The number of amides is 4. The number of aromatic amines is 1. The van der Waals surface area contributed by atoms with Crippen LogP contribution in [0.2, 0.25) is 0 Å².